The third-order valence-corrected chi connectivity index (χ3v) is 10.9. The number of hydrogen-bond donors (Lipinski definition) is 0. The summed E-state index contributed by atoms with van der Waals surface area (Å²) in [6.45, 7) is 2.50. The lowest BCUT2D eigenvalue weighted by atomic mass is 9.71. The summed E-state index contributed by atoms with van der Waals surface area (Å²) < 4.78 is 5.17. The van der Waals surface area contributed by atoms with Gasteiger partial charge in [-0.25, -0.2) is 0 Å². The van der Waals surface area contributed by atoms with Crippen molar-refractivity contribution in [3.63, 3.8) is 0 Å². The van der Waals surface area contributed by atoms with Gasteiger partial charge >= 0.3 is 0 Å². The molecule has 2 aliphatic rings. The second-order valence-electron chi connectivity index (χ2n) is 12.0. The van der Waals surface area contributed by atoms with Crippen molar-refractivity contribution in [3.8, 4) is 16.8 Å². The maximum Gasteiger partial charge on any atom is 0.0555 e. The predicted molar refractivity (Wildman–Crippen MR) is 172 cm³/mol. The fourth-order valence-electron chi connectivity index (χ4n) is 7.86. The van der Waals surface area contributed by atoms with E-state index in [0.717, 1.165) is 0 Å². The van der Waals surface area contributed by atoms with Crippen molar-refractivity contribution >= 4 is 53.3 Å². The molecule has 0 N–H and O–H groups in total. The smallest absolute Gasteiger partial charge is 0.0555 e. The summed E-state index contributed by atoms with van der Waals surface area (Å²) in [6, 6.07) is 38.6. The summed E-state index contributed by atoms with van der Waals surface area (Å²) in [5.74, 6) is 0.647. The molecule has 40 heavy (non-hydrogen) atoms. The van der Waals surface area contributed by atoms with Crippen molar-refractivity contribution in [1.29, 1.82) is 0 Å². The SMILES string of the molecule is CC12CC=CCC1c1cccc(-c3ccc4c(c3)sc3cccc(-n5c6ccccc6c6ccccc65)c34)c1C2. The lowest BCUT2D eigenvalue weighted by Gasteiger charge is -2.33. The van der Waals surface area contributed by atoms with Crippen molar-refractivity contribution in [1.82, 2.24) is 4.57 Å². The Labute approximate surface area is 238 Å². The van der Waals surface area contributed by atoms with E-state index in [1.807, 2.05) is 11.3 Å². The third-order valence-electron chi connectivity index (χ3n) is 9.74. The molecule has 0 bridgehead atoms. The molecule has 0 radical (unpaired) electrons. The molecule has 2 heterocycles. The molecule has 192 valence electrons. The van der Waals surface area contributed by atoms with Crippen LogP contribution >= 0.6 is 11.3 Å². The van der Waals surface area contributed by atoms with E-state index in [0.29, 0.717) is 11.3 Å². The number of rotatable bonds is 2. The highest BCUT2D eigenvalue weighted by Gasteiger charge is 2.43. The zero-order valence-electron chi connectivity index (χ0n) is 22.5. The van der Waals surface area contributed by atoms with Gasteiger partial charge in [-0.1, -0.05) is 91.9 Å². The first kappa shape index (κ1) is 22.7. The number of para-hydroxylation sites is 2. The molecule has 1 nitrogen and oxygen atoms in total. The monoisotopic (exact) mass is 531 g/mol. The molecule has 2 heteroatoms. The molecule has 0 aliphatic heterocycles. The van der Waals surface area contributed by atoms with Crippen LogP contribution in [0, 0.1) is 5.41 Å². The largest absolute Gasteiger partial charge is 0.309 e. The van der Waals surface area contributed by atoms with Crippen molar-refractivity contribution in [2.45, 2.75) is 32.1 Å². The number of hydrogen-bond acceptors (Lipinski definition) is 1. The number of benzene rings is 5. The Balaban J connectivity index is 1.25. The molecule has 2 atom stereocenters. The fourth-order valence-corrected chi connectivity index (χ4v) is 9.02. The van der Waals surface area contributed by atoms with E-state index in [2.05, 4.69) is 127 Å². The van der Waals surface area contributed by atoms with Gasteiger partial charge in [0.1, 0.15) is 0 Å². The molecule has 2 aromatic heterocycles. The summed E-state index contributed by atoms with van der Waals surface area (Å²) in [5.41, 5.74) is 10.1. The molecule has 5 aromatic carbocycles. The Morgan fingerprint density at radius 2 is 1.50 bits per heavy atom. The van der Waals surface area contributed by atoms with Crippen LogP contribution in [0.1, 0.15) is 36.8 Å². The predicted octanol–water partition coefficient (Wildman–Crippen LogP) is 10.8. The van der Waals surface area contributed by atoms with E-state index < -0.39 is 0 Å². The van der Waals surface area contributed by atoms with E-state index in [-0.39, 0.29) is 0 Å². The van der Waals surface area contributed by atoms with Crippen LogP contribution in [-0.4, -0.2) is 4.57 Å². The quantitative estimate of drug-likeness (QED) is 0.196. The van der Waals surface area contributed by atoms with Gasteiger partial charge in [0, 0.05) is 30.9 Å². The Kier molecular flexibility index (Phi) is 4.64. The van der Waals surface area contributed by atoms with Crippen molar-refractivity contribution in [2.24, 2.45) is 5.41 Å². The van der Waals surface area contributed by atoms with Gasteiger partial charge in [-0.15, -0.1) is 11.3 Å². The number of allylic oxidation sites excluding steroid dienone is 2. The Morgan fingerprint density at radius 1 is 0.725 bits per heavy atom. The molecular weight excluding hydrogens is 502 g/mol. The summed E-state index contributed by atoms with van der Waals surface area (Å²) >= 11 is 1.92. The van der Waals surface area contributed by atoms with Crippen LogP contribution in [0.2, 0.25) is 0 Å². The molecule has 2 aliphatic carbocycles. The number of nitrogens with zero attached hydrogens (tertiary/aromatic N) is 1. The Hall–Kier alpha value is -4.14. The Bertz CT molecular complexity index is 2120. The zero-order valence-corrected chi connectivity index (χ0v) is 23.3. The summed E-state index contributed by atoms with van der Waals surface area (Å²) in [4.78, 5) is 0. The molecule has 0 saturated heterocycles. The maximum absolute atomic E-state index is 2.50. The van der Waals surface area contributed by atoms with Crippen LogP contribution in [0.3, 0.4) is 0 Å². The fraction of sp³-hybridized carbons (Fsp3) is 0.158. The van der Waals surface area contributed by atoms with Crippen LogP contribution in [0.25, 0.3) is 58.8 Å². The van der Waals surface area contributed by atoms with Crippen LogP contribution in [-0.2, 0) is 6.42 Å². The Morgan fingerprint density at radius 3 is 2.33 bits per heavy atom. The van der Waals surface area contributed by atoms with E-state index in [1.54, 1.807) is 11.1 Å². The minimum absolute atomic E-state index is 0.353. The molecule has 0 amide bonds. The second kappa shape index (κ2) is 8.19. The third kappa shape index (κ3) is 3.03. The lowest BCUT2D eigenvalue weighted by Crippen LogP contribution is -2.23. The minimum atomic E-state index is 0.353. The highest BCUT2D eigenvalue weighted by Crippen LogP contribution is 2.55. The maximum atomic E-state index is 2.50. The standard InChI is InChI=1S/C38H29NS/c1-38-21-7-6-14-31(38)26-13-8-12-25(30(26)23-38)24-19-20-29-36(22-24)40-35-18-9-17-34(37(29)35)39-32-15-4-2-10-27(32)28-11-3-5-16-33(28)39/h2-13,15-20,22,31H,14,21,23H2,1H3. The molecule has 0 spiro atoms. The van der Waals surface area contributed by atoms with Crippen molar-refractivity contribution < 1.29 is 0 Å². The molecule has 2 unspecified atom stereocenters. The van der Waals surface area contributed by atoms with Crippen LogP contribution in [0.15, 0.2) is 115 Å². The van der Waals surface area contributed by atoms with Gasteiger partial charge < -0.3 is 4.57 Å². The molecule has 0 saturated carbocycles. The van der Waals surface area contributed by atoms with Gasteiger partial charge in [0.05, 0.1) is 16.7 Å². The van der Waals surface area contributed by atoms with Gasteiger partial charge in [0.15, 0.2) is 0 Å². The van der Waals surface area contributed by atoms with Gasteiger partial charge in [-0.3, -0.25) is 0 Å². The first-order valence-electron chi connectivity index (χ1n) is 14.4. The van der Waals surface area contributed by atoms with Crippen molar-refractivity contribution in [3.05, 3.63) is 126 Å². The summed E-state index contributed by atoms with van der Waals surface area (Å²) in [6.07, 6.45) is 8.34. The first-order valence-corrected chi connectivity index (χ1v) is 15.2. The molecule has 0 fully saturated rings. The van der Waals surface area contributed by atoms with Crippen LogP contribution in [0.5, 0.6) is 0 Å². The van der Waals surface area contributed by atoms with Crippen LogP contribution in [0.4, 0.5) is 0 Å². The van der Waals surface area contributed by atoms with E-state index in [9.17, 15) is 0 Å². The van der Waals surface area contributed by atoms with Gasteiger partial charge in [-0.05, 0) is 83.2 Å². The molecule has 9 rings (SSSR count). The molecule has 7 aromatic rings. The average molecular weight is 532 g/mol. The second-order valence-corrected chi connectivity index (χ2v) is 13.1. The lowest BCUT2D eigenvalue weighted by molar-refractivity contribution is 0.270. The average Bonchev–Trinajstić information content (AvgIpc) is 3.63. The number of aromatic nitrogens is 1. The number of fused-ring (bicyclic) bond motifs is 9. The summed E-state index contributed by atoms with van der Waals surface area (Å²) in [5, 5.41) is 5.31. The van der Waals surface area contributed by atoms with Gasteiger partial charge in [0.2, 0.25) is 0 Å². The minimum Gasteiger partial charge on any atom is -0.309 e. The van der Waals surface area contributed by atoms with Crippen LogP contribution < -0.4 is 0 Å². The van der Waals surface area contributed by atoms with E-state index in [1.165, 1.54) is 78.1 Å². The highest BCUT2D eigenvalue weighted by molar-refractivity contribution is 7.26. The van der Waals surface area contributed by atoms with Gasteiger partial charge in [0.25, 0.3) is 0 Å². The first-order chi connectivity index (χ1) is 19.7. The highest BCUT2D eigenvalue weighted by atomic mass is 32.1. The molecular formula is C38H29NS. The normalized spacial score (nSPS) is 20.1. The zero-order chi connectivity index (χ0) is 26.4. The van der Waals surface area contributed by atoms with E-state index >= 15 is 0 Å². The number of thiophene rings is 1. The topological polar surface area (TPSA) is 4.93 Å². The van der Waals surface area contributed by atoms with Gasteiger partial charge in [-0.2, -0.15) is 0 Å². The van der Waals surface area contributed by atoms with E-state index in [4.69, 9.17) is 0 Å². The summed E-state index contributed by atoms with van der Waals surface area (Å²) in [7, 11) is 0. The van der Waals surface area contributed by atoms with Crippen molar-refractivity contribution in [2.75, 3.05) is 0 Å².